The van der Waals surface area contributed by atoms with Crippen LogP contribution in [-0.2, 0) is 31.0 Å². The van der Waals surface area contributed by atoms with E-state index in [0.717, 1.165) is 18.2 Å². The third kappa shape index (κ3) is 6.64. The van der Waals surface area contributed by atoms with Crippen molar-refractivity contribution in [3.63, 3.8) is 0 Å². The lowest BCUT2D eigenvalue weighted by Gasteiger charge is -2.32. The Hall–Kier alpha value is -1.70. The predicted molar refractivity (Wildman–Crippen MR) is 108 cm³/mol. The highest BCUT2D eigenvalue weighted by molar-refractivity contribution is 7.89. The van der Waals surface area contributed by atoms with Gasteiger partial charge in [0.2, 0.25) is 26.0 Å². The SMILES string of the molecule is CCCS(=O)(=O)N1CCC(NC(=O)[C@H](C)NS(=O)(=O)c2ccccc2C(F)(F)F)CC1. The lowest BCUT2D eigenvalue weighted by Crippen LogP contribution is -2.51. The van der Waals surface area contributed by atoms with Crippen LogP contribution in [0.25, 0.3) is 0 Å². The molecule has 8 nitrogen and oxygen atoms in total. The van der Waals surface area contributed by atoms with Gasteiger partial charge < -0.3 is 5.32 Å². The molecular weight excluding hydrogens is 459 g/mol. The van der Waals surface area contributed by atoms with Crippen LogP contribution in [0.2, 0.25) is 0 Å². The standard InChI is InChI=1S/C18H26F3N3O5S2/c1-3-12-30(26,27)24-10-8-14(9-11-24)22-17(25)13(2)23-31(28,29)16-7-5-4-6-15(16)18(19,20)21/h4-7,13-14,23H,3,8-12H2,1-2H3,(H,22,25)/t13-/m0/s1. The van der Waals surface area contributed by atoms with E-state index in [2.05, 4.69) is 5.32 Å². The number of carbonyl (C=O) groups excluding carboxylic acids is 1. The molecule has 1 aromatic carbocycles. The molecule has 2 rings (SSSR count). The zero-order valence-corrected chi connectivity index (χ0v) is 18.8. The van der Waals surface area contributed by atoms with E-state index in [1.165, 1.54) is 11.2 Å². The largest absolute Gasteiger partial charge is 0.417 e. The number of benzene rings is 1. The van der Waals surface area contributed by atoms with Crippen LogP contribution >= 0.6 is 0 Å². The van der Waals surface area contributed by atoms with E-state index in [0.29, 0.717) is 25.3 Å². The van der Waals surface area contributed by atoms with Crippen molar-refractivity contribution in [2.45, 2.75) is 56.3 Å². The minimum atomic E-state index is -4.87. The molecule has 0 spiro atoms. The Morgan fingerprint density at radius 1 is 1.16 bits per heavy atom. The molecule has 0 aliphatic carbocycles. The van der Waals surface area contributed by atoms with Crippen molar-refractivity contribution < 1.29 is 34.8 Å². The molecule has 1 aliphatic rings. The maximum Gasteiger partial charge on any atom is 0.417 e. The van der Waals surface area contributed by atoms with Crippen LogP contribution in [0.3, 0.4) is 0 Å². The van der Waals surface area contributed by atoms with Gasteiger partial charge in [0.15, 0.2) is 0 Å². The Kier molecular flexibility index (Phi) is 8.11. The minimum Gasteiger partial charge on any atom is -0.352 e. The van der Waals surface area contributed by atoms with Crippen LogP contribution in [0, 0.1) is 0 Å². The third-order valence-corrected chi connectivity index (χ3v) is 8.54. The Morgan fingerprint density at radius 3 is 2.29 bits per heavy atom. The van der Waals surface area contributed by atoms with Gasteiger partial charge in [-0.1, -0.05) is 19.1 Å². The summed E-state index contributed by atoms with van der Waals surface area (Å²) >= 11 is 0. The molecular formula is C18H26F3N3O5S2. The number of hydrogen-bond acceptors (Lipinski definition) is 5. The molecule has 0 radical (unpaired) electrons. The van der Waals surface area contributed by atoms with Gasteiger partial charge in [0, 0.05) is 19.1 Å². The van der Waals surface area contributed by atoms with Crippen molar-refractivity contribution in [3.8, 4) is 0 Å². The summed E-state index contributed by atoms with van der Waals surface area (Å²) in [5.74, 6) is -0.662. The number of amides is 1. The number of rotatable bonds is 8. The van der Waals surface area contributed by atoms with Crippen molar-refractivity contribution in [3.05, 3.63) is 29.8 Å². The molecule has 31 heavy (non-hydrogen) atoms. The van der Waals surface area contributed by atoms with Crippen molar-refractivity contribution in [1.82, 2.24) is 14.3 Å². The summed E-state index contributed by atoms with van der Waals surface area (Å²) in [6.07, 6.45) is -3.67. The Labute approximate surface area is 180 Å². The second-order valence-electron chi connectivity index (χ2n) is 7.33. The number of piperidine rings is 1. The quantitative estimate of drug-likeness (QED) is 0.582. The van der Waals surface area contributed by atoms with Gasteiger partial charge in [0.25, 0.3) is 0 Å². The average molecular weight is 486 g/mol. The first-order chi connectivity index (χ1) is 14.3. The average Bonchev–Trinajstić information content (AvgIpc) is 2.67. The van der Waals surface area contributed by atoms with Gasteiger partial charge in [0.1, 0.15) is 0 Å². The number of nitrogens with one attached hydrogen (secondary N) is 2. The summed E-state index contributed by atoms with van der Waals surface area (Å²) in [5.41, 5.74) is -1.32. The maximum absolute atomic E-state index is 13.1. The molecule has 0 bridgehead atoms. The second-order valence-corrected chi connectivity index (χ2v) is 11.1. The first kappa shape index (κ1) is 25.6. The molecule has 13 heteroatoms. The molecule has 1 saturated heterocycles. The third-order valence-electron chi connectivity index (χ3n) is 4.86. The van der Waals surface area contributed by atoms with Gasteiger partial charge >= 0.3 is 6.18 Å². The molecule has 0 aromatic heterocycles. The first-order valence-electron chi connectivity index (χ1n) is 9.74. The molecule has 1 aromatic rings. The normalized spacial score (nSPS) is 18.0. The number of halogens is 3. The Balaban J connectivity index is 2.00. The summed E-state index contributed by atoms with van der Waals surface area (Å²) in [6.45, 7) is 3.45. The van der Waals surface area contributed by atoms with Gasteiger partial charge in [0.05, 0.1) is 22.3 Å². The molecule has 2 N–H and O–H groups in total. The highest BCUT2D eigenvalue weighted by atomic mass is 32.2. The van der Waals surface area contributed by atoms with Gasteiger partial charge in [-0.15, -0.1) is 0 Å². The summed E-state index contributed by atoms with van der Waals surface area (Å²) in [5, 5.41) is 2.63. The highest BCUT2D eigenvalue weighted by Crippen LogP contribution is 2.33. The molecule has 1 aliphatic heterocycles. The summed E-state index contributed by atoms with van der Waals surface area (Å²) in [6, 6.07) is 2.02. The van der Waals surface area contributed by atoms with Crippen molar-refractivity contribution in [2.24, 2.45) is 0 Å². The minimum absolute atomic E-state index is 0.0439. The van der Waals surface area contributed by atoms with Crippen LogP contribution in [0.15, 0.2) is 29.2 Å². The van der Waals surface area contributed by atoms with Crippen LogP contribution in [0.4, 0.5) is 13.2 Å². The van der Waals surface area contributed by atoms with E-state index < -0.39 is 48.6 Å². The van der Waals surface area contributed by atoms with Crippen LogP contribution in [0.1, 0.15) is 38.7 Å². The summed E-state index contributed by atoms with van der Waals surface area (Å²) < 4.78 is 91.8. The van der Waals surface area contributed by atoms with Crippen LogP contribution in [0.5, 0.6) is 0 Å². The van der Waals surface area contributed by atoms with Gasteiger partial charge in [-0.2, -0.15) is 17.9 Å². The van der Waals surface area contributed by atoms with Crippen molar-refractivity contribution >= 4 is 26.0 Å². The van der Waals surface area contributed by atoms with Crippen molar-refractivity contribution in [1.29, 1.82) is 0 Å². The first-order valence-corrected chi connectivity index (χ1v) is 12.8. The van der Waals surface area contributed by atoms with E-state index >= 15 is 0 Å². The fourth-order valence-electron chi connectivity index (χ4n) is 3.28. The molecule has 1 heterocycles. The van der Waals surface area contributed by atoms with E-state index in [1.807, 2.05) is 4.72 Å². The number of nitrogens with zero attached hydrogens (tertiary/aromatic N) is 1. The molecule has 176 valence electrons. The lowest BCUT2D eigenvalue weighted by atomic mass is 10.1. The Bertz CT molecular complexity index is 989. The summed E-state index contributed by atoms with van der Waals surface area (Å²) in [4.78, 5) is 11.4. The van der Waals surface area contributed by atoms with Gasteiger partial charge in [-0.25, -0.2) is 21.1 Å². The second kappa shape index (κ2) is 9.84. The molecule has 0 unspecified atom stereocenters. The molecule has 1 fully saturated rings. The number of hydrogen-bond donors (Lipinski definition) is 2. The highest BCUT2D eigenvalue weighted by Gasteiger charge is 2.38. The monoisotopic (exact) mass is 485 g/mol. The van der Waals surface area contributed by atoms with Crippen LogP contribution < -0.4 is 10.0 Å². The van der Waals surface area contributed by atoms with Gasteiger partial charge in [-0.05, 0) is 38.3 Å². The fraction of sp³-hybridized carbons (Fsp3) is 0.611. The fourth-order valence-corrected chi connectivity index (χ4v) is 6.25. The molecule has 1 atom stereocenters. The number of sulfonamides is 2. The predicted octanol–water partition coefficient (Wildman–Crippen LogP) is 1.69. The topological polar surface area (TPSA) is 113 Å². The van der Waals surface area contributed by atoms with Crippen molar-refractivity contribution in [2.75, 3.05) is 18.8 Å². The van der Waals surface area contributed by atoms with E-state index in [4.69, 9.17) is 0 Å². The van der Waals surface area contributed by atoms with E-state index in [1.54, 1.807) is 6.92 Å². The van der Waals surface area contributed by atoms with Crippen LogP contribution in [-0.4, -0.2) is 58.0 Å². The lowest BCUT2D eigenvalue weighted by molar-refractivity contribution is -0.139. The van der Waals surface area contributed by atoms with E-state index in [-0.39, 0.29) is 24.9 Å². The molecule has 0 saturated carbocycles. The number of carbonyl (C=O) groups is 1. The van der Waals surface area contributed by atoms with E-state index in [9.17, 15) is 34.8 Å². The zero-order chi connectivity index (χ0) is 23.4. The number of alkyl halides is 3. The maximum atomic E-state index is 13.1. The Morgan fingerprint density at radius 2 is 1.74 bits per heavy atom. The van der Waals surface area contributed by atoms with Gasteiger partial charge in [-0.3, -0.25) is 4.79 Å². The summed E-state index contributed by atoms with van der Waals surface area (Å²) in [7, 11) is -7.95. The molecule has 1 amide bonds. The zero-order valence-electron chi connectivity index (χ0n) is 17.1. The smallest absolute Gasteiger partial charge is 0.352 e.